The summed E-state index contributed by atoms with van der Waals surface area (Å²) in [6.45, 7) is 0. The summed E-state index contributed by atoms with van der Waals surface area (Å²) in [6, 6.07) is 70.1. The van der Waals surface area contributed by atoms with Crippen molar-refractivity contribution in [1.82, 2.24) is 9.97 Å². The highest BCUT2D eigenvalue weighted by Crippen LogP contribution is 2.67. The molecule has 256 valence electrons. The van der Waals surface area contributed by atoms with Crippen LogP contribution in [0.3, 0.4) is 0 Å². The molecule has 3 heteroatoms. The predicted molar refractivity (Wildman–Crippen MR) is 220 cm³/mol. The van der Waals surface area contributed by atoms with Crippen LogP contribution in [0.5, 0.6) is 11.5 Å². The molecule has 1 aliphatic heterocycles. The zero-order chi connectivity index (χ0) is 36.1. The van der Waals surface area contributed by atoms with Crippen molar-refractivity contribution in [2.45, 2.75) is 10.8 Å². The van der Waals surface area contributed by atoms with Crippen molar-refractivity contribution in [2.75, 3.05) is 0 Å². The van der Waals surface area contributed by atoms with Crippen LogP contribution in [0.2, 0.25) is 0 Å². The van der Waals surface area contributed by atoms with Crippen LogP contribution in [-0.4, -0.2) is 9.97 Å². The second-order valence-electron chi connectivity index (χ2n) is 14.8. The fraction of sp³-hybridized carbons (Fsp3) is 0.0385. The lowest BCUT2D eigenvalue weighted by Crippen LogP contribution is -2.45. The van der Waals surface area contributed by atoms with E-state index in [-0.39, 0.29) is 0 Å². The van der Waals surface area contributed by atoms with Crippen LogP contribution in [0.25, 0.3) is 44.7 Å². The van der Waals surface area contributed by atoms with E-state index in [1.54, 1.807) is 0 Å². The minimum Gasteiger partial charge on any atom is -0.457 e. The molecule has 0 saturated heterocycles. The monoisotopic (exact) mass is 700 g/mol. The SMILES string of the molecule is c1ccc(-c2nc(-c3ccc4c(c3)-c3ccccc3C43c4ccccc4C4(c5ccccc5Oc5ccccc54)c4ccccc43)nc3ccccc23)cc1. The predicted octanol–water partition coefficient (Wildman–Crippen LogP) is 12.1. The van der Waals surface area contributed by atoms with Crippen molar-refractivity contribution in [2.24, 2.45) is 0 Å². The van der Waals surface area contributed by atoms with Gasteiger partial charge < -0.3 is 4.74 Å². The average Bonchev–Trinajstić information content (AvgIpc) is 3.55. The first-order chi connectivity index (χ1) is 27.3. The first-order valence-electron chi connectivity index (χ1n) is 18.9. The molecule has 9 aromatic rings. The van der Waals surface area contributed by atoms with E-state index in [1.165, 1.54) is 44.5 Å². The summed E-state index contributed by atoms with van der Waals surface area (Å²) in [5.41, 5.74) is 15.2. The molecule has 12 rings (SSSR count). The maximum atomic E-state index is 6.67. The second-order valence-corrected chi connectivity index (χ2v) is 14.8. The number of ether oxygens (including phenoxy) is 1. The van der Waals surface area contributed by atoms with Gasteiger partial charge in [0.15, 0.2) is 5.82 Å². The fourth-order valence-electron chi connectivity index (χ4n) is 10.2. The van der Waals surface area contributed by atoms with Crippen LogP contribution in [0.15, 0.2) is 194 Å². The number of benzene rings is 8. The van der Waals surface area contributed by atoms with Gasteiger partial charge in [0.1, 0.15) is 11.5 Å². The lowest BCUT2D eigenvalue weighted by molar-refractivity contribution is 0.429. The Morgan fingerprint density at radius 1 is 0.345 bits per heavy atom. The Morgan fingerprint density at radius 2 is 0.836 bits per heavy atom. The quantitative estimate of drug-likeness (QED) is 0.180. The number of para-hydroxylation sites is 3. The Bertz CT molecular complexity index is 2940. The van der Waals surface area contributed by atoms with Gasteiger partial charge in [-0.1, -0.05) is 170 Å². The van der Waals surface area contributed by atoms with E-state index in [4.69, 9.17) is 14.7 Å². The highest BCUT2D eigenvalue weighted by atomic mass is 16.5. The van der Waals surface area contributed by atoms with Crippen LogP contribution in [0.4, 0.5) is 0 Å². The van der Waals surface area contributed by atoms with E-state index in [0.717, 1.165) is 56.2 Å². The average molecular weight is 701 g/mol. The van der Waals surface area contributed by atoms with Crippen LogP contribution in [0.1, 0.15) is 44.5 Å². The summed E-state index contributed by atoms with van der Waals surface area (Å²) in [6.07, 6.45) is 0. The lowest BCUT2D eigenvalue weighted by Gasteiger charge is -2.51. The minimum atomic E-state index is -0.589. The first kappa shape index (κ1) is 30.4. The molecule has 0 atom stereocenters. The normalized spacial score (nSPS) is 14.6. The molecule has 0 bridgehead atoms. The van der Waals surface area contributed by atoms with Crippen LogP contribution in [-0.2, 0) is 10.8 Å². The number of nitrogens with zero attached hydrogens (tertiary/aromatic N) is 2. The van der Waals surface area contributed by atoms with Gasteiger partial charge in [-0.15, -0.1) is 0 Å². The van der Waals surface area contributed by atoms with Crippen LogP contribution in [0, 0.1) is 0 Å². The highest BCUT2D eigenvalue weighted by Gasteiger charge is 2.58. The molecule has 2 heterocycles. The summed E-state index contributed by atoms with van der Waals surface area (Å²) in [5.74, 6) is 2.50. The van der Waals surface area contributed by atoms with Gasteiger partial charge in [0, 0.05) is 27.6 Å². The number of hydrogen-bond acceptors (Lipinski definition) is 3. The summed E-state index contributed by atoms with van der Waals surface area (Å²) in [5, 5.41) is 1.04. The maximum absolute atomic E-state index is 6.67. The van der Waals surface area contributed by atoms with Gasteiger partial charge in [-0.3, -0.25) is 0 Å². The van der Waals surface area contributed by atoms with Crippen molar-refractivity contribution in [1.29, 1.82) is 0 Å². The molecule has 3 aliphatic rings. The van der Waals surface area contributed by atoms with E-state index in [9.17, 15) is 0 Å². The molecule has 0 fully saturated rings. The van der Waals surface area contributed by atoms with Crippen LogP contribution < -0.4 is 4.74 Å². The zero-order valence-corrected chi connectivity index (χ0v) is 29.8. The summed E-state index contributed by atoms with van der Waals surface area (Å²) in [4.78, 5) is 10.4. The van der Waals surface area contributed by atoms with Gasteiger partial charge in [0.25, 0.3) is 0 Å². The molecule has 0 N–H and O–H groups in total. The maximum Gasteiger partial charge on any atom is 0.160 e. The summed E-state index contributed by atoms with van der Waals surface area (Å²) in [7, 11) is 0. The fourth-order valence-corrected chi connectivity index (χ4v) is 10.2. The van der Waals surface area contributed by atoms with E-state index in [1.807, 2.05) is 6.07 Å². The highest BCUT2D eigenvalue weighted by molar-refractivity contribution is 5.95. The summed E-state index contributed by atoms with van der Waals surface area (Å²) < 4.78 is 6.67. The van der Waals surface area contributed by atoms with Crippen molar-refractivity contribution in [3.63, 3.8) is 0 Å². The number of fused-ring (bicyclic) bond motifs is 16. The standard InChI is InChI=1S/C52H32N2O/c1-2-16-33(17-3-1)49-36-19-5-13-27-46(36)53-50(54-49)34-30-31-39-37(32-34)35-18-4-6-20-38(35)51(39)40-21-7-9-23-42(40)52(43-24-10-8-22-41(43)51)44-25-11-14-28-47(44)55-48-29-15-12-26-45(48)52/h1-32H. The second kappa shape index (κ2) is 11.2. The molecule has 0 unspecified atom stereocenters. The third-order valence-electron chi connectivity index (χ3n) is 12.2. The molecule has 8 aromatic carbocycles. The summed E-state index contributed by atoms with van der Waals surface area (Å²) >= 11 is 0. The molecule has 2 aliphatic carbocycles. The van der Waals surface area contributed by atoms with Crippen LogP contribution >= 0.6 is 0 Å². The molecule has 3 nitrogen and oxygen atoms in total. The minimum absolute atomic E-state index is 0.565. The van der Waals surface area contributed by atoms with Gasteiger partial charge in [-0.2, -0.15) is 0 Å². The van der Waals surface area contributed by atoms with Gasteiger partial charge >= 0.3 is 0 Å². The Labute approximate surface area is 319 Å². The Hall–Kier alpha value is -7.10. The molecule has 1 aromatic heterocycles. The van der Waals surface area contributed by atoms with Crippen molar-refractivity contribution in [3.8, 4) is 45.3 Å². The number of hydrogen-bond donors (Lipinski definition) is 0. The molecular weight excluding hydrogens is 669 g/mol. The van der Waals surface area contributed by atoms with Crippen molar-refractivity contribution in [3.05, 3.63) is 239 Å². The van der Waals surface area contributed by atoms with E-state index in [0.29, 0.717) is 0 Å². The topological polar surface area (TPSA) is 35.0 Å². The van der Waals surface area contributed by atoms with E-state index in [2.05, 4.69) is 188 Å². The van der Waals surface area contributed by atoms with Gasteiger partial charge in [0.2, 0.25) is 0 Å². The van der Waals surface area contributed by atoms with Gasteiger partial charge in [-0.25, -0.2) is 9.97 Å². The number of aromatic nitrogens is 2. The molecule has 0 amide bonds. The third kappa shape index (κ3) is 3.89. The molecule has 0 radical (unpaired) electrons. The largest absolute Gasteiger partial charge is 0.457 e. The van der Waals surface area contributed by atoms with Crippen molar-refractivity contribution >= 4 is 10.9 Å². The zero-order valence-electron chi connectivity index (χ0n) is 29.8. The molecule has 0 saturated carbocycles. The Balaban J connectivity index is 1.16. The van der Waals surface area contributed by atoms with Gasteiger partial charge in [-0.05, 0) is 68.8 Å². The smallest absolute Gasteiger partial charge is 0.160 e. The number of rotatable bonds is 2. The Morgan fingerprint density at radius 3 is 1.49 bits per heavy atom. The van der Waals surface area contributed by atoms with E-state index >= 15 is 0 Å². The Kier molecular flexibility index (Phi) is 6.19. The lowest BCUT2D eigenvalue weighted by atomic mass is 9.51. The van der Waals surface area contributed by atoms with E-state index < -0.39 is 10.8 Å². The first-order valence-corrected chi connectivity index (χ1v) is 18.9. The molecule has 2 spiro atoms. The van der Waals surface area contributed by atoms with Gasteiger partial charge in [0.05, 0.1) is 22.0 Å². The molecule has 55 heavy (non-hydrogen) atoms. The van der Waals surface area contributed by atoms with Crippen molar-refractivity contribution < 1.29 is 4.74 Å². The third-order valence-corrected chi connectivity index (χ3v) is 12.2. The molecular formula is C52H32N2O.